The minimum absolute atomic E-state index is 0.0421. The second kappa shape index (κ2) is 8.98. The molecule has 22 heavy (non-hydrogen) atoms. The Bertz CT molecular complexity index is 490. The molecule has 1 aliphatic heterocycles. The van der Waals surface area contributed by atoms with Gasteiger partial charge in [-0.05, 0) is 51.1 Å². The van der Waals surface area contributed by atoms with E-state index in [2.05, 4.69) is 10.6 Å². The summed E-state index contributed by atoms with van der Waals surface area (Å²) in [6.45, 7) is 2.10. The normalized spacial score (nSPS) is 17.5. The molecule has 1 atom stereocenters. The Morgan fingerprint density at radius 2 is 2.36 bits per heavy atom. The molecule has 122 valence electrons. The van der Waals surface area contributed by atoms with Crippen LogP contribution >= 0.6 is 11.6 Å². The maximum atomic E-state index is 11.9. The molecule has 1 aromatic carbocycles. The number of carbonyl (C=O) groups is 1. The molecule has 5 nitrogen and oxygen atoms in total. The van der Waals surface area contributed by atoms with Crippen LogP contribution in [0.15, 0.2) is 18.2 Å². The molecule has 0 aliphatic carbocycles. The van der Waals surface area contributed by atoms with Crippen LogP contribution in [0.4, 0.5) is 5.69 Å². The van der Waals surface area contributed by atoms with Crippen LogP contribution < -0.4 is 15.4 Å². The average Bonchev–Trinajstić information content (AvgIpc) is 3.00. The Labute approximate surface area is 136 Å². The van der Waals surface area contributed by atoms with E-state index < -0.39 is 0 Å². The van der Waals surface area contributed by atoms with E-state index >= 15 is 0 Å². The second-order valence-corrected chi connectivity index (χ2v) is 5.78. The van der Waals surface area contributed by atoms with Crippen molar-refractivity contribution in [3.8, 4) is 5.75 Å². The van der Waals surface area contributed by atoms with Crippen molar-refractivity contribution in [2.45, 2.75) is 31.8 Å². The summed E-state index contributed by atoms with van der Waals surface area (Å²) in [6.07, 6.45) is 3.46. The zero-order chi connectivity index (χ0) is 15.8. The van der Waals surface area contributed by atoms with E-state index in [1.54, 1.807) is 18.2 Å². The zero-order valence-electron chi connectivity index (χ0n) is 12.9. The van der Waals surface area contributed by atoms with Crippen LogP contribution in [0.1, 0.15) is 25.7 Å². The molecule has 0 spiro atoms. The molecule has 1 saturated heterocycles. The Hall–Kier alpha value is -1.30. The molecule has 1 amide bonds. The van der Waals surface area contributed by atoms with Crippen LogP contribution in [-0.4, -0.2) is 38.8 Å². The van der Waals surface area contributed by atoms with Crippen molar-refractivity contribution in [2.75, 3.05) is 32.1 Å². The summed E-state index contributed by atoms with van der Waals surface area (Å²) in [5.41, 5.74) is 0.611. The first-order chi connectivity index (χ1) is 10.7. The standard InChI is InChI=1S/C16H23ClN2O3/c1-18-8-2-5-16(20)19-14-10-12(17)6-7-15(14)22-11-13-4-3-9-21-13/h6-7,10,13,18H,2-5,8-9,11H2,1H3,(H,19,20). The van der Waals surface area contributed by atoms with Crippen molar-refractivity contribution in [1.82, 2.24) is 5.32 Å². The minimum atomic E-state index is -0.0421. The lowest BCUT2D eigenvalue weighted by molar-refractivity contribution is -0.116. The van der Waals surface area contributed by atoms with Crippen molar-refractivity contribution in [3.05, 3.63) is 23.2 Å². The zero-order valence-corrected chi connectivity index (χ0v) is 13.6. The Kier molecular flexibility index (Phi) is 6.96. The van der Waals surface area contributed by atoms with Gasteiger partial charge >= 0.3 is 0 Å². The fourth-order valence-electron chi connectivity index (χ4n) is 2.32. The summed E-state index contributed by atoms with van der Waals surface area (Å²) >= 11 is 6.01. The van der Waals surface area contributed by atoms with Gasteiger partial charge in [-0.15, -0.1) is 0 Å². The molecule has 0 aromatic heterocycles. The molecular weight excluding hydrogens is 304 g/mol. The fraction of sp³-hybridized carbons (Fsp3) is 0.562. The molecule has 2 rings (SSSR count). The van der Waals surface area contributed by atoms with Crippen molar-refractivity contribution >= 4 is 23.2 Å². The van der Waals surface area contributed by atoms with E-state index in [0.29, 0.717) is 29.5 Å². The van der Waals surface area contributed by atoms with Gasteiger partial charge in [0.05, 0.1) is 11.8 Å². The highest BCUT2D eigenvalue weighted by Crippen LogP contribution is 2.29. The third-order valence-electron chi connectivity index (χ3n) is 3.50. The summed E-state index contributed by atoms with van der Waals surface area (Å²) in [6, 6.07) is 5.24. The Balaban J connectivity index is 1.92. The maximum Gasteiger partial charge on any atom is 0.224 e. The third-order valence-corrected chi connectivity index (χ3v) is 3.73. The van der Waals surface area contributed by atoms with Gasteiger partial charge in [0.2, 0.25) is 5.91 Å². The summed E-state index contributed by atoms with van der Waals surface area (Å²) in [7, 11) is 1.87. The van der Waals surface area contributed by atoms with E-state index in [-0.39, 0.29) is 12.0 Å². The second-order valence-electron chi connectivity index (χ2n) is 5.34. The van der Waals surface area contributed by atoms with Gasteiger partial charge in [-0.1, -0.05) is 11.6 Å². The summed E-state index contributed by atoms with van der Waals surface area (Å²) < 4.78 is 11.3. The number of benzene rings is 1. The number of halogens is 1. The van der Waals surface area contributed by atoms with Crippen LogP contribution in [0, 0.1) is 0 Å². The number of amides is 1. The predicted octanol–water partition coefficient (Wildman–Crippen LogP) is 2.84. The lowest BCUT2D eigenvalue weighted by Crippen LogP contribution is -2.18. The summed E-state index contributed by atoms with van der Waals surface area (Å²) in [5.74, 6) is 0.585. The molecule has 0 saturated carbocycles. The van der Waals surface area contributed by atoms with Crippen LogP contribution in [0.5, 0.6) is 5.75 Å². The number of nitrogens with one attached hydrogen (secondary N) is 2. The molecule has 1 aromatic rings. The third kappa shape index (κ3) is 5.48. The average molecular weight is 327 g/mol. The molecule has 6 heteroatoms. The van der Waals surface area contributed by atoms with Crippen molar-refractivity contribution < 1.29 is 14.3 Å². The first-order valence-corrected chi connectivity index (χ1v) is 8.05. The summed E-state index contributed by atoms with van der Waals surface area (Å²) in [4.78, 5) is 11.9. The van der Waals surface area contributed by atoms with Gasteiger partial charge in [-0.3, -0.25) is 4.79 Å². The molecule has 1 fully saturated rings. The van der Waals surface area contributed by atoms with Gasteiger partial charge in [0.15, 0.2) is 0 Å². The van der Waals surface area contributed by atoms with Gasteiger partial charge in [-0.25, -0.2) is 0 Å². The first-order valence-electron chi connectivity index (χ1n) is 7.67. The predicted molar refractivity (Wildman–Crippen MR) is 87.7 cm³/mol. The topological polar surface area (TPSA) is 59.6 Å². The quantitative estimate of drug-likeness (QED) is 0.721. The van der Waals surface area contributed by atoms with Crippen LogP contribution in [0.3, 0.4) is 0 Å². The molecule has 0 radical (unpaired) electrons. The summed E-state index contributed by atoms with van der Waals surface area (Å²) in [5, 5.41) is 6.45. The smallest absolute Gasteiger partial charge is 0.224 e. The molecular formula is C16H23ClN2O3. The van der Waals surface area contributed by atoms with Crippen LogP contribution in [0.2, 0.25) is 5.02 Å². The Morgan fingerprint density at radius 3 is 3.09 bits per heavy atom. The highest BCUT2D eigenvalue weighted by atomic mass is 35.5. The first kappa shape index (κ1) is 17.1. The van der Waals surface area contributed by atoms with Crippen LogP contribution in [0.25, 0.3) is 0 Å². The van der Waals surface area contributed by atoms with Crippen LogP contribution in [-0.2, 0) is 9.53 Å². The van der Waals surface area contributed by atoms with E-state index in [1.165, 1.54) is 0 Å². The van der Waals surface area contributed by atoms with E-state index in [0.717, 1.165) is 32.4 Å². The number of ether oxygens (including phenoxy) is 2. The maximum absolute atomic E-state index is 11.9. The lowest BCUT2D eigenvalue weighted by atomic mass is 10.2. The number of hydrogen-bond acceptors (Lipinski definition) is 4. The molecule has 0 bridgehead atoms. The van der Waals surface area contributed by atoms with Gasteiger partial charge in [0.1, 0.15) is 12.4 Å². The lowest BCUT2D eigenvalue weighted by Gasteiger charge is -2.15. The highest BCUT2D eigenvalue weighted by Gasteiger charge is 2.17. The van der Waals surface area contributed by atoms with E-state index in [1.807, 2.05) is 7.05 Å². The van der Waals surface area contributed by atoms with Gasteiger partial charge in [0, 0.05) is 18.1 Å². The van der Waals surface area contributed by atoms with E-state index in [9.17, 15) is 4.79 Å². The van der Waals surface area contributed by atoms with Crippen molar-refractivity contribution in [3.63, 3.8) is 0 Å². The number of hydrogen-bond donors (Lipinski definition) is 2. The minimum Gasteiger partial charge on any atom is -0.489 e. The van der Waals surface area contributed by atoms with Gasteiger partial charge < -0.3 is 20.1 Å². The molecule has 2 N–H and O–H groups in total. The number of rotatable bonds is 8. The fourth-order valence-corrected chi connectivity index (χ4v) is 2.49. The van der Waals surface area contributed by atoms with Crippen molar-refractivity contribution in [2.24, 2.45) is 0 Å². The highest BCUT2D eigenvalue weighted by molar-refractivity contribution is 6.31. The number of anilines is 1. The molecule has 1 heterocycles. The van der Waals surface area contributed by atoms with Crippen molar-refractivity contribution in [1.29, 1.82) is 0 Å². The SMILES string of the molecule is CNCCCC(=O)Nc1cc(Cl)ccc1OCC1CCCO1. The largest absolute Gasteiger partial charge is 0.489 e. The molecule has 1 unspecified atom stereocenters. The van der Waals surface area contributed by atoms with Gasteiger partial charge in [-0.2, -0.15) is 0 Å². The monoisotopic (exact) mass is 326 g/mol. The molecule has 1 aliphatic rings. The van der Waals surface area contributed by atoms with Gasteiger partial charge in [0.25, 0.3) is 0 Å². The van der Waals surface area contributed by atoms with E-state index in [4.69, 9.17) is 21.1 Å². The number of carbonyl (C=O) groups excluding carboxylic acids is 1. The Morgan fingerprint density at radius 1 is 1.50 bits per heavy atom.